The van der Waals surface area contributed by atoms with E-state index in [2.05, 4.69) is 5.32 Å². The molecule has 0 bridgehead atoms. The lowest BCUT2D eigenvalue weighted by molar-refractivity contribution is 0.456. The first kappa shape index (κ1) is 11.0. The monoisotopic (exact) mass is 205 g/mol. The van der Waals surface area contributed by atoms with E-state index in [1.54, 1.807) is 0 Å². The quantitative estimate of drug-likeness (QED) is 0.741. The summed E-state index contributed by atoms with van der Waals surface area (Å²) in [4.78, 5) is 0. The summed E-state index contributed by atoms with van der Waals surface area (Å²) in [5.41, 5.74) is 0. The molecule has 0 radical (unpaired) electrons. The van der Waals surface area contributed by atoms with Gasteiger partial charge in [0.25, 0.3) is 0 Å². The molecule has 1 aliphatic heterocycles. The van der Waals surface area contributed by atoms with Crippen molar-refractivity contribution in [3.05, 3.63) is 0 Å². The van der Waals surface area contributed by atoms with Crippen LogP contribution >= 0.6 is 0 Å². The summed E-state index contributed by atoms with van der Waals surface area (Å²) in [5, 5.41) is 3.32. The minimum Gasteiger partial charge on any atom is -0.317 e. The third-order valence-corrected chi connectivity index (χ3v) is 3.57. The largest absolute Gasteiger partial charge is 0.317 e. The molecule has 1 fully saturated rings. The van der Waals surface area contributed by atoms with Crippen molar-refractivity contribution in [3.63, 3.8) is 0 Å². The topological polar surface area (TPSA) is 46.2 Å². The second-order valence-corrected chi connectivity index (χ2v) is 6.23. The molecule has 1 atom stereocenters. The number of sulfone groups is 1. The molecule has 0 aromatic heterocycles. The molecular weight excluding hydrogens is 186 g/mol. The second-order valence-electron chi connectivity index (χ2n) is 3.97. The molecule has 1 aliphatic rings. The number of nitrogens with one attached hydrogen (secondary N) is 1. The molecule has 1 rings (SSSR count). The summed E-state index contributed by atoms with van der Waals surface area (Å²) in [6.45, 7) is 2.14. The number of hydrogen-bond donors (Lipinski definition) is 1. The number of rotatable bonds is 3. The van der Waals surface area contributed by atoms with E-state index in [4.69, 9.17) is 0 Å². The van der Waals surface area contributed by atoms with Gasteiger partial charge in [-0.25, -0.2) is 8.42 Å². The van der Waals surface area contributed by atoms with Crippen molar-refractivity contribution in [2.24, 2.45) is 5.92 Å². The predicted octanol–water partition coefficient (Wildman–Crippen LogP) is 0.811. The second kappa shape index (κ2) is 4.96. The van der Waals surface area contributed by atoms with E-state index in [9.17, 15) is 8.42 Å². The van der Waals surface area contributed by atoms with Crippen LogP contribution in [0.25, 0.3) is 0 Å². The van der Waals surface area contributed by atoms with Gasteiger partial charge < -0.3 is 5.32 Å². The Bertz CT molecular complexity index is 228. The maximum Gasteiger partial charge on any atom is 0.147 e. The minimum absolute atomic E-state index is 0.359. The van der Waals surface area contributed by atoms with Crippen LogP contribution in [0.2, 0.25) is 0 Å². The maximum atomic E-state index is 10.9. The zero-order valence-electron chi connectivity index (χ0n) is 8.25. The van der Waals surface area contributed by atoms with Crippen molar-refractivity contribution in [1.82, 2.24) is 5.32 Å². The Balaban J connectivity index is 2.27. The normalized spacial score (nSPS) is 25.5. The van der Waals surface area contributed by atoms with E-state index in [1.165, 1.54) is 19.1 Å². The Hall–Kier alpha value is -0.0900. The summed E-state index contributed by atoms with van der Waals surface area (Å²) in [6.07, 6.45) is 5.68. The van der Waals surface area contributed by atoms with Crippen LogP contribution < -0.4 is 5.32 Å². The molecule has 1 heterocycles. The van der Waals surface area contributed by atoms with Crippen molar-refractivity contribution in [2.75, 3.05) is 25.1 Å². The highest BCUT2D eigenvalue weighted by Gasteiger charge is 2.13. The van der Waals surface area contributed by atoms with Crippen LogP contribution in [-0.2, 0) is 9.84 Å². The molecule has 3 nitrogen and oxygen atoms in total. The molecule has 0 spiro atoms. The summed E-state index contributed by atoms with van der Waals surface area (Å²) in [6, 6.07) is 0. The fourth-order valence-corrected chi connectivity index (χ4v) is 2.52. The van der Waals surface area contributed by atoms with E-state index in [-0.39, 0.29) is 0 Å². The van der Waals surface area contributed by atoms with Crippen molar-refractivity contribution in [1.29, 1.82) is 0 Å². The average molecular weight is 205 g/mol. The van der Waals surface area contributed by atoms with Crippen molar-refractivity contribution in [2.45, 2.75) is 25.7 Å². The molecule has 78 valence electrons. The fourth-order valence-electron chi connectivity index (χ4n) is 1.76. The molecule has 1 N–H and O–H groups in total. The third-order valence-electron chi connectivity index (χ3n) is 2.59. The van der Waals surface area contributed by atoms with Crippen molar-refractivity contribution < 1.29 is 8.42 Å². The minimum atomic E-state index is -2.76. The molecule has 0 aliphatic carbocycles. The van der Waals surface area contributed by atoms with Crippen LogP contribution in [0.5, 0.6) is 0 Å². The zero-order chi connectivity index (χ0) is 9.73. The molecule has 1 unspecified atom stereocenters. The van der Waals surface area contributed by atoms with Crippen LogP contribution in [0, 0.1) is 5.92 Å². The van der Waals surface area contributed by atoms with E-state index in [1.807, 2.05) is 0 Å². The molecule has 0 amide bonds. The van der Waals surface area contributed by atoms with Crippen LogP contribution in [-0.4, -0.2) is 33.5 Å². The van der Waals surface area contributed by atoms with Gasteiger partial charge in [-0.1, -0.05) is 0 Å². The summed E-state index contributed by atoms with van der Waals surface area (Å²) in [5.74, 6) is 0.974. The molecule has 0 aromatic carbocycles. The van der Waals surface area contributed by atoms with Gasteiger partial charge in [-0.2, -0.15) is 0 Å². The van der Waals surface area contributed by atoms with E-state index in [0.29, 0.717) is 11.7 Å². The Morgan fingerprint density at radius 3 is 2.77 bits per heavy atom. The first-order chi connectivity index (χ1) is 6.08. The summed E-state index contributed by atoms with van der Waals surface area (Å²) < 4.78 is 21.9. The fraction of sp³-hybridized carbons (Fsp3) is 1.00. The van der Waals surface area contributed by atoms with Gasteiger partial charge in [0.05, 0.1) is 5.75 Å². The molecule has 0 aromatic rings. The summed E-state index contributed by atoms with van der Waals surface area (Å²) in [7, 11) is -2.76. The van der Waals surface area contributed by atoms with Gasteiger partial charge in [0, 0.05) is 6.26 Å². The zero-order valence-corrected chi connectivity index (χ0v) is 9.07. The highest BCUT2D eigenvalue weighted by Crippen LogP contribution is 2.17. The van der Waals surface area contributed by atoms with Gasteiger partial charge in [0.1, 0.15) is 9.84 Å². The van der Waals surface area contributed by atoms with E-state index in [0.717, 1.165) is 25.9 Å². The molecule has 13 heavy (non-hydrogen) atoms. The van der Waals surface area contributed by atoms with Crippen LogP contribution in [0.1, 0.15) is 25.7 Å². The molecule has 0 saturated carbocycles. The Labute approximate surface area is 80.8 Å². The SMILES string of the molecule is CS(=O)(=O)CCC1CCCNCC1. The lowest BCUT2D eigenvalue weighted by Crippen LogP contribution is -2.15. The van der Waals surface area contributed by atoms with E-state index >= 15 is 0 Å². The van der Waals surface area contributed by atoms with Crippen LogP contribution in [0.3, 0.4) is 0 Å². The van der Waals surface area contributed by atoms with Crippen LogP contribution in [0.4, 0.5) is 0 Å². The van der Waals surface area contributed by atoms with Crippen molar-refractivity contribution >= 4 is 9.84 Å². The Kier molecular flexibility index (Phi) is 4.19. The number of hydrogen-bond acceptors (Lipinski definition) is 3. The van der Waals surface area contributed by atoms with Crippen LogP contribution in [0.15, 0.2) is 0 Å². The van der Waals surface area contributed by atoms with Gasteiger partial charge in [-0.3, -0.25) is 0 Å². The van der Waals surface area contributed by atoms with Gasteiger partial charge >= 0.3 is 0 Å². The standard InChI is InChI=1S/C9H19NO2S/c1-13(11,12)8-5-9-3-2-6-10-7-4-9/h9-10H,2-8H2,1H3. The Morgan fingerprint density at radius 1 is 1.31 bits per heavy atom. The molecular formula is C9H19NO2S. The van der Waals surface area contributed by atoms with Gasteiger partial charge in [-0.05, 0) is 44.7 Å². The van der Waals surface area contributed by atoms with Gasteiger partial charge in [-0.15, -0.1) is 0 Å². The summed E-state index contributed by atoms with van der Waals surface area (Å²) >= 11 is 0. The average Bonchev–Trinajstić information content (AvgIpc) is 2.26. The molecule has 1 saturated heterocycles. The van der Waals surface area contributed by atoms with Gasteiger partial charge in [0.2, 0.25) is 0 Å². The predicted molar refractivity (Wildman–Crippen MR) is 54.5 cm³/mol. The Morgan fingerprint density at radius 2 is 2.08 bits per heavy atom. The van der Waals surface area contributed by atoms with E-state index < -0.39 is 9.84 Å². The first-order valence-electron chi connectivity index (χ1n) is 4.96. The lowest BCUT2D eigenvalue weighted by atomic mass is 9.98. The highest BCUT2D eigenvalue weighted by molar-refractivity contribution is 7.90. The highest BCUT2D eigenvalue weighted by atomic mass is 32.2. The molecule has 4 heteroatoms. The first-order valence-corrected chi connectivity index (χ1v) is 7.02. The lowest BCUT2D eigenvalue weighted by Gasteiger charge is -2.11. The van der Waals surface area contributed by atoms with Gasteiger partial charge in [0.15, 0.2) is 0 Å². The maximum absolute atomic E-state index is 10.9. The third kappa shape index (κ3) is 5.26. The van der Waals surface area contributed by atoms with Crippen molar-refractivity contribution in [3.8, 4) is 0 Å². The smallest absolute Gasteiger partial charge is 0.147 e.